The van der Waals surface area contributed by atoms with Crippen molar-refractivity contribution < 1.29 is 17.9 Å². The first-order valence-corrected chi connectivity index (χ1v) is 11.2. The van der Waals surface area contributed by atoms with Gasteiger partial charge >= 0.3 is 0 Å². The van der Waals surface area contributed by atoms with Crippen molar-refractivity contribution >= 4 is 27.3 Å². The first-order chi connectivity index (χ1) is 12.9. The van der Waals surface area contributed by atoms with E-state index >= 15 is 0 Å². The molecule has 8 heteroatoms. The number of hydrogen-bond donors (Lipinski definition) is 1. The number of carbonyl (C=O) groups excluding carboxylic acids is 1. The number of nitrogens with one attached hydrogen (secondary N) is 1. The van der Waals surface area contributed by atoms with Crippen molar-refractivity contribution in [2.75, 3.05) is 20.2 Å². The molecule has 1 saturated heterocycles. The highest BCUT2D eigenvalue weighted by Gasteiger charge is 2.34. The molecule has 1 aliphatic heterocycles. The van der Waals surface area contributed by atoms with Crippen molar-refractivity contribution in [1.29, 1.82) is 0 Å². The fourth-order valence-corrected chi connectivity index (χ4v) is 5.89. The van der Waals surface area contributed by atoms with E-state index in [1.165, 1.54) is 15.6 Å². The van der Waals surface area contributed by atoms with Crippen molar-refractivity contribution in [2.45, 2.75) is 30.0 Å². The predicted octanol–water partition coefficient (Wildman–Crippen LogP) is 3.03. The molecule has 1 aromatic heterocycles. The minimum atomic E-state index is -3.52. The third-order valence-corrected chi connectivity index (χ3v) is 8.06. The summed E-state index contributed by atoms with van der Waals surface area (Å²) in [4.78, 5) is 12.7. The highest BCUT2D eigenvalue weighted by atomic mass is 32.2. The smallest absolute Gasteiger partial charge is 0.252 e. The first-order valence-electron chi connectivity index (χ1n) is 8.90. The van der Waals surface area contributed by atoms with Crippen molar-refractivity contribution in [3.8, 4) is 5.75 Å². The molecule has 6 nitrogen and oxygen atoms in total. The number of benzene rings is 1. The second-order valence-electron chi connectivity index (χ2n) is 6.64. The molecule has 0 bridgehead atoms. The molecule has 0 radical (unpaired) electrons. The number of rotatable bonds is 6. The zero-order valence-electron chi connectivity index (χ0n) is 15.4. The highest BCUT2D eigenvalue weighted by Crippen LogP contribution is 2.27. The lowest BCUT2D eigenvalue weighted by atomic mass is 9.98. The molecule has 1 aromatic carbocycles. The summed E-state index contributed by atoms with van der Waals surface area (Å²) in [6.45, 7) is 2.60. The zero-order valence-corrected chi connectivity index (χ0v) is 17.1. The number of nitrogens with zero attached hydrogens (tertiary/aromatic N) is 1. The molecule has 0 saturated carbocycles. The monoisotopic (exact) mass is 408 g/mol. The Balaban J connectivity index is 1.64. The maximum atomic E-state index is 12.7. The van der Waals surface area contributed by atoms with Crippen molar-refractivity contribution in [2.24, 2.45) is 5.92 Å². The zero-order chi connectivity index (χ0) is 19.4. The molecule has 0 aliphatic carbocycles. The van der Waals surface area contributed by atoms with Gasteiger partial charge in [-0.3, -0.25) is 4.79 Å². The quantitative estimate of drug-likeness (QED) is 0.797. The first kappa shape index (κ1) is 19.9. The van der Waals surface area contributed by atoms with Gasteiger partial charge in [-0.2, -0.15) is 4.31 Å². The van der Waals surface area contributed by atoms with Gasteiger partial charge in [0.25, 0.3) is 10.0 Å². The van der Waals surface area contributed by atoms with Gasteiger partial charge in [0.05, 0.1) is 19.1 Å². The summed E-state index contributed by atoms with van der Waals surface area (Å²) >= 11 is 1.20. The van der Waals surface area contributed by atoms with Crippen molar-refractivity contribution in [3.63, 3.8) is 0 Å². The Bertz CT molecular complexity index is 864. The molecule has 1 aliphatic rings. The average Bonchev–Trinajstić information content (AvgIpc) is 3.24. The molecule has 2 heterocycles. The molecule has 3 rings (SSSR count). The second-order valence-corrected chi connectivity index (χ2v) is 9.75. The number of methoxy groups -OCH3 is 1. The van der Waals surface area contributed by atoms with E-state index < -0.39 is 10.0 Å². The molecular formula is C19H24N2O4S2. The molecular weight excluding hydrogens is 384 g/mol. The van der Waals surface area contributed by atoms with E-state index in [9.17, 15) is 13.2 Å². The largest absolute Gasteiger partial charge is 0.497 e. The fourth-order valence-electron chi connectivity index (χ4n) is 3.22. The Labute approximate surface area is 164 Å². The van der Waals surface area contributed by atoms with Crippen LogP contribution in [0.1, 0.15) is 31.4 Å². The van der Waals surface area contributed by atoms with Crippen LogP contribution in [0, 0.1) is 5.92 Å². The summed E-state index contributed by atoms with van der Waals surface area (Å²) in [5, 5.41) is 4.76. The van der Waals surface area contributed by atoms with E-state index in [-0.39, 0.29) is 24.4 Å². The van der Waals surface area contributed by atoms with Gasteiger partial charge in [-0.1, -0.05) is 18.2 Å². The van der Waals surface area contributed by atoms with Crippen LogP contribution in [-0.2, 0) is 14.8 Å². The number of amides is 1. The molecule has 27 heavy (non-hydrogen) atoms. The van der Waals surface area contributed by atoms with Gasteiger partial charge in [0.15, 0.2) is 0 Å². The van der Waals surface area contributed by atoms with Gasteiger partial charge in [0, 0.05) is 13.1 Å². The van der Waals surface area contributed by atoms with Gasteiger partial charge in [0.1, 0.15) is 9.96 Å². The van der Waals surface area contributed by atoms with Crippen LogP contribution >= 0.6 is 11.3 Å². The maximum Gasteiger partial charge on any atom is 0.252 e. The lowest BCUT2D eigenvalue weighted by molar-refractivity contribution is -0.126. The lowest BCUT2D eigenvalue weighted by Crippen LogP contribution is -2.45. The number of piperidine rings is 1. The van der Waals surface area contributed by atoms with Gasteiger partial charge < -0.3 is 10.1 Å². The van der Waals surface area contributed by atoms with Crippen molar-refractivity contribution in [1.82, 2.24) is 9.62 Å². The SMILES string of the molecule is COc1ccc([C@@H](C)NC(=O)[C@H]2CCCN(S(=O)(=O)c3cccs3)C2)cc1. The van der Waals surface area contributed by atoms with E-state index in [1.807, 2.05) is 31.2 Å². The number of thiophene rings is 1. The molecule has 2 atom stereocenters. The Morgan fingerprint density at radius 3 is 2.67 bits per heavy atom. The van der Waals surface area contributed by atoms with Crippen LogP contribution in [-0.4, -0.2) is 38.8 Å². The number of carbonyl (C=O) groups is 1. The van der Waals surface area contributed by atoms with Crippen molar-refractivity contribution in [3.05, 3.63) is 47.3 Å². The summed E-state index contributed by atoms with van der Waals surface area (Å²) in [5.74, 6) is 0.317. The van der Waals surface area contributed by atoms with E-state index in [4.69, 9.17) is 4.74 Å². The third kappa shape index (κ3) is 4.51. The van der Waals surface area contributed by atoms with Gasteiger partial charge in [-0.05, 0) is 48.9 Å². The molecule has 2 aromatic rings. The molecule has 0 unspecified atom stereocenters. The minimum Gasteiger partial charge on any atom is -0.497 e. The van der Waals surface area contributed by atoms with E-state index in [0.29, 0.717) is 23.6 Å². The predicted molar refractivity (Wildman–Crippen MR) is 105 cm³/mol. The molecule has 1 N–H and O–H groups in total. The summed E-state index contributed by atoms with van der Waals surface area (Å²) in [7, 11) is -1.91. The highest BCUT2D eigenvalue weighted by molar-refractivity contribution is 7.91. The van der Waals surface area contributed by atoms with Crippen LogP contribution < -0.4 is 10.1 Å². The fraction of sp³-hybridized carbons (Fsp3) is 0.421. The van der Waals surface area contributed by atoms with Gasteiger partial charge in [-0.25, -0.2) is 8.42 Å². The summed E-state index contributed by atoms with van der Waals surface area (Å²) < 4.78 is 32.3. The number of ether oxygens (including phenoxy) is 1. The number of hydrogen-bond acceptors (Lipinski definition) is 5. The summed E-state index contributed by atoms with van der Waals surface area (Å²) in [6, 6.07) is 10.7. The molecule has 146 valence electrons. The van der Waals surface area contributed by atoms with E-state index in [0.717, 1.165) is 11.3 Å². The standard InChI is InChI=1S/C19H24N2O4S2/c1-14(15-7-9-17(25-2)10-8-15)20-19(22)16-5-3-11-21(13-16)27(23,24)18-6-4-12-26-18/h4,6-10,12,14,16H,3,5,11,13H2,1-2H3,(H,20,22)/t14-,16+/m1/s1. The minimum absolute atomic E-state index is 0.107. The Hall–Kier alpha value is -1.90. The van der Waals surface area contributed by atoms with Gasteiger partial charge in [0.2, 0.25) is 5.91 Å². The van der Waals surface area contributed by atoms with E-state index in [1.54, 1.807) is 24.6 Å². The Morgan fingerprint density at radius 2 is 2.04 bits per heavy atom. The molecule has 0 spiro atoms. The van der Waals surface area contributed by atoms with Crippen LogP contribution in [0.15, 0.2) is 46.0 Å². The van der Waals surface area contributed by atoms with Crippen LogP contribution in [0.3, 0.4) is 0 Å². The van der Waals surface area contributed by atoms with Crippen LogP contribution in [0.5, 0.6) is 5.75 Å². The molecule has 1 fully saturated rings. The molecule has 1 amide bonds. The third-order valence-electron chi connectivity index (χ3n) is 4.82. The summed E-state index contributed by atoms with van der Waals surface area (Å²) in [5.41, 5.74) is 0.975. The van der Waals surface area contributed by atoms with Crippen LogP contribution in [0.25, 0.3) is 0 Å². The number of sulfonamides is 1. The lowest BCUT2D eigenvalue weighted by Gasteiger charge is -2.31. The normalized spacial score (nSPS) is 19.4. The van der Waals surface area contributed by atoms with E-state index in [2.05, 4.69) is 5.32 Å². The van der Waals surface area contributed by atoms with Gasteiger partial charge in [-0.15, -0.1) is 11.3 Å². The average molecular weight is 409 g/mol. The summed E-state index contributed by atoms with van der Waals surface area (Å²) in [6.07, 6.45) is 1.37. The second kappa shape index (κ2) is 8.41. The maximum absolute atomic E-state index is 12.7. The Morgan fingerprint density at radius 1 is 1.30 bits per heavy atom. The van der Waals surface area contributed by atoms with Crippen LogP contribution in [0.4, 0.5) is 0 Å². The topological polar surface area (TPSA) is 75.7 Å². The van der Waals surface area contributed by atoms with Crippen LogP contribution in [0.2, 0.25) is 0 Å². The Kier molecular flexibility index (Phi) is 6.18.